The fourth-order valence-corrected chi connectivity index (χ4v) is 2.28. The van der Waals surface area contributed by atoms with Gasteiger partial charge < -0.3 is 5.32 Å². The molecule has 0 bridgehead atoms. The highest BCUT2D eigenvalue weighted by molar-refractivity contribution is 6.27. The third kappa shape index (κ3) is 14.9. The molecule has 0 aromatic rings. The summed E-state index contributed by atoms with van der Waals surface area (Å²) in [5.74, 6) is -1.11. The van der Waals surface area contributed by atoms with Crippen molar-refractivity contribution in [3.8, 4) is 0 Å². The molecule has 0 aliphatic heterocycles. The Morgan fingerprint density at radius 1 is 0.593 bits per heavy atom. The Balaban J connectivity index is 3.80. The van der Waals surface area contributed by atoms with E-state index in [1.54, 1.807) is 6.92 Å². The van der Waals surface area contributed by atoms with E-state index in [-0.39, 0.29) is 105 Å². The lowest BCUT2D eigenvalue weighted by Gasteiger charge is -2.03. The number of carbonyl (C=O) groups excluding carboxylic acids is 6. The summed E-state index contributed by atoms with van der Waals surface area (Å²) in [6.45, 7) is 1.93. The third-order valence-electron chi connectivity index (χ3n) is 3.97. The average molecular weight is 402 g/mol. The van der Waals surface area contributed by atoms with Gasteiger partial charge in [0.15, 0.2) is 0 Å². The van der Waals surface area contributed by atoms with Gasteiger partial charge in [-0.15, -0.1) is 11.6 Å². The van der Waals surface area contributed by atoms with Crippen LogP contribution in [-0.4, -0.2) is 47.2 Å². The molecule has 0 radical (unpaired) electrons. The van der Waals surface area contributed by atoms with E-state index in [0.717, 1.165) is 0 Å². The zero-order valence-electron chi connectivity index (χ0n) is 15.8. The number of hydrogen-bond donors (Lipinski definition) is 1. The van der Waals surface area contributed by atoms with Crippen LogP contribution in [0, 0.1) is 0 Å². The molecule has 0 aliphatic carbocycles. The molecule has 0 heterocycles. The number of ketones is 5. The van der Waals surface area contributed by atoms with Crippen molar-refractivity contribution in [1.29, 1.82) is 0 Å². The standard InChI is InChI=1S/C19H28ClNO6/c1-2-14(22)3-4-15(23)5-6-16(24)7-8-17(25)9-10-18(26)11-12-21-19(27)13-20/h2-13H2,1H3,(H,21,27). The van der Waals surface area contributed by atoms with E-state index in [2.05, 4.69) is 5.32 Å². The smallest absolute Gasteiger partial charge is 0.234 e. The van der Waals surface area contributed by atoms with E-state index in [4.69, 9.17) is 11.6 Å². The summed E-state index contributed by atoms with van der Waals surface area (Å²) in [6, 6.07) is 0. The van der Waals surface area contributed by atoms with Crippen LogP contribution in [0.1, 0.15) is 71.1 Å². The van der Waals surface area contributed by atoms with Crippen molar-refractivity contribution in [3.63, 3.8) is 0 Å². The van der Waals surface area contributed by atoms with Crippen molar-refractivity contribution >= 4 is 46.4 Å². The Kier molecular flexibility index (Phi) is 14.1. The molecule has 0 atom stereocenters. The highest BCUT2D eigenvalue weighted by atomic mass is 35.5. The largest absolute Gasteiger partial charge is 0.355 e. The predicted octanol–water partition coefficient (Wildman–Crippen LogP) is 2.11. The highest BCUT2D eigenvalue weighted by Gasteiger charge is 2.12. The molecule has 152 valence electrons. The minimum atomic E-state index is -0.352. The van der Waals surface area contributed by atoms with E-state index < -0.39 is 0 Å². The first-order chi connectivity index (χ1) is 12.8. The highest BCUT2D eigenvalue weighted by Crippen LogP contribution is 2.07. The molecule has 1 amide bonds. The Morgan fingerprint density at radius 3 is 1.26 bits per heavy atom. The van der Waals surface area contributed by atoms with Gasteiger partial charge in [-0.25, -0.2) is 0 Å². The first-order valence-corrected chi connectivity index (χ1v) is 9.73. The van der Waals surface area contributed by atoms with Crippen molar-refractivity contribution in [2.45, 2.75) is 71.1 Å². The lowest BCUT2D eigenvalue weighted by atomic mass is 10.0. The van der Waals surface area contributed by atoms with Gasteiger partial charge in [-0.3, -0.25) is 28.8 Å². The Hall–Kier alpha value is -1.89. The van der Waals surface area contributed by atoms with Gasteiger partial charge in [-0.1, -0.05) is 6.92 Å². The molecule has 0 rings (SSSR count). The number of carbonyl (C=O) groups is 6. The lowest BCUT2D eigenvalue weighted by molar-refractivity contribution is -0.127. The normalized spacial score (nSPS) is 10.3. The molecular weight excluding hydrogens is 374 g/mol. The Labute approximate surface area is 164 Å². The molecule has 0 aromatic heterocycles. The number of alkyl halides is 1. The predicted molar refractivity (Wildman–Crippen MR) is 101 cm³/mol. The monoisotopic (exact) mass is 401 g/mol. The van der Waals surface area contributed by atoms with E-state index in [1.807, 2.05) is 0 Å². The molecule has 0 aliphatic rings. The number of rotatable bonds is 17. The summed E-state index contributed by atoms with van der Waals surface area (Å²) in [5.41, 5.74) is 0. The first kappa shape index (κ1) is 25.1. The quantitative estimate of drug-likeness (QED) is 0.373. The van der Waals surface area contributed by atoms with E-state index in [1.165, 1.54) is 0 Å². The molecule has 0 aromatic carbocycles. The number of hydrogen-bond acceptors (Lipinski definition) is 6. The van der Waals surface area contributed by atoms with Crippen LogP contribution < -0.4 is 5.32 Å². The van der Waals surface area contributed by atoms with Gasteiger partial charge in [-0.05, 0) is 0 Å². The maximum atomic E-state index is 11.7. The van der Waals surface area contributed by atoms with Gasteiger partial charge >= 0.3 is 0 Å². The maximum absolute atomic E-state index is 11.7. The van der Waals surface area contributed by atoms with Crippen LogP contribution in [0.5, 0.6) is 0 Å². The van der Waals surface area contributed by atoms with Gasteiger partial charge in [0.2, 0.25) is 5.91 Å². The van der Waals surface area contributed by atoms with Crippen LogP contribution in [0.4, 0.5) is 0 Å². The third-order valence-corrected chi connectivity index (χ3v) is 4.22. The summed E-state index contributed by atoms with van der Waals surface area (Å²) < 4.78 is 0. The van der Waals surface area contributed by atoms with Crippen LogP contribution in [0.2, 0.25) is 0 Å². The average Bonchev–Trinajstić information content (AvgIpc) is 2.66. The Bertz CT molecular complexity index is 558. The fraction of sp³-hybridized carbons (Fsp3) is 0.684. The van der Waals surface area contributed by atoms with Crippen molar-refractivity contribution in [3.05, 3.63) is 0 Å². The fourth-order valence-electron chi connectivity index (χ4n) is 2.18. The van der Waals surface area contributed by atoms with E-state index in [0.29, 0.717) is 6.42 Å². The Morgan fingerprint density at radius 2 is 0.926 bits per heavy atom. The molecule has 0 fully saturated rings. The van der Waals surface area contributed by atoms with E-state index >= 15 is 0 Å². The van der Waals surface area contributed by atoms with Crippen LogP contribution >= 0.6 is 11.6 Å². The van der Waals surface area contributed by atoms with Gasteiger partial charge in [0, 0.05) is 70.8 Å². The summed E-state index contributed by atoms with van der Waals surface area (Å²) in [4.78, 5) is 68.7. The minimum Gasteiger partial charge on any atom is -0.355 e. The molecule has 1 N–H and O–H groups in total. The van der Waals surface area contributed by atoms with Crippen LogP contribution in [0.3, 0.4) is 0 Å². The molecule has 8 heteroatoms. The molecule has 0 saturated carbocycles. The van der Waals surface area contributed by atoms with Gasteiger partial charge in [0.05, 0.1) is 0 Å². The van der Waals surface area contributed by atoms with Gasteiger partial charge in [-0.2, -0.15) is 0 Å². The zero-order chi connectivity index (χ0) is 20.7. The SMILES string of the molecule is CCC(=O)CCC(=O)CCC(=O)CCC(=O)CCC(=O)CCNC(=O)CCl. The molecule has 7 nitrogen and oxygen atoms in total. The topological polar surface area (TPSA) is 114 Å². The second kappa shape index (κ2) is 15.2. The van der Waals surface area contributed by atoms with Crippen molar-refractivity contribution in [1.82, 2.24) is 5.32 Å². The van der Waals surface area contributed by atoms with E-state index in [9.17, 15) is 28.8 Å². The summed E-state index contributed by atoms with van der Waals surface area (Å²) in [7, 11) is 0. The minimum absolute atomic E-state index is 0.0243. The molecular formula is C19H28ClNO6. The lowest BCUT2D eigenvalue weighted by Crippen LogP contribution is -2.26. The second-order valence-electron chi connectivity index (χ2n) is 6.28. The van der Waals surface area contributed by atoms with Crippen LogP contribution in [0.15, 0.2) is 0 Å². The van der Waals surface area contributed by atoms with Crippen LogP contribution in [-0.2, 0) is 28.8 Å². The van der Waals surface area contributed by atoms with Crippen molar-refractivity contribution in [2.24, 2.45) is 0 Å². The summed E-state index contributed by atoms with van der Waals surface area (Å²) >= 11 is 5.30. The zero-order valence-corrected chi connectivity index (χ0v) is 16.6. The maximum Gasteiger partial charge on any atom is 0.234 e. The molecule has 27 heavy (non-hydrogen) atoms. The number of nitrogens with one attached hydrogen (secondary N) is 1. The van der Waals surface area contributed by atoms with Crippen molar-refractivity contribution in [2.75, 3.05) is 12.4 Å². The molecule has 0 unspecified atom stereocenters. The van der Waals surface area contributed by atoms with Gasteiger partial charge in [0.25, 0.3) is 0 Å². The van der Waals surface area contributed by atoms with Gasteiger partial charge in [0.1, 0.15) is 34.8 Å². The molecule has 0 saturated heterocycles. The second-order valence-corrected chi connectivity index (χ2v) is 6.55. The van der Waals surface area contributed by atoms with Crippen molar-refractivity contribution < 1.29 is 28.8 Å². The first-order valence-electron chi connectivity index (χ1n) is 9.19. The number of Topliss-reactive ketones (excluding diaryl/α,β-unsaturated/α-hetero) is 5. The van der Waals surface area contributed by atoms with Crippen LogP contribution in [0.25, 0.3) is 0 Å². The number of amides is 1. The summed E-state index contributed by atoms with van der Waals surface area (Å²) in [6.07, 6.45) is 1.33. The molecule has 0 spiro atoms. The summed E-state index contributed by atoms with van der Waals surface area (Å²) in [5, 5.41) is 2.46. The number of halogens is 1.